The molecule has 4 heteroatoms. The molecule has 2 fully saturated rings. The van der Waals surface area contributed by atoms with E-state index in [1.165, 1.54) is 11.8 Å². The Morgan fingerprint density at radius 1 is 1.42 bits per heavy atom. The van der Waals surface area contributed by atoms with Crippen LogP contribution in [0.2, 0.25) is 0 Å². The summed E-state index contributed by atoms with van der Waals surface area (Å²) in [5, 5.41) is 20.5. The molecule has 3 aliphatic rings. The summed E-state index contributed by atoms with van der Waals surface area (Å²) in [6.45, 7) is 8.59. The summed E-state index contributed by atoms with van der Waals surface area (Å²) >= 11 is 0. The summed E-state index contributed by atoms with van der Waals surface area (Å²) in [6.07, 6.45) is 8.86. The molecule has 2 N–H and O–H groups in total. The van der Waals surface area contributed by atoms with Crippen molar-refractivity contribution in [2.45, 2.75) is 52.1 Å². The van der Waals surface area contributed by atoms with Crippen molar-refractivity contribution in [3.8, 4) is 0 Å². The number of aliphatic hydroxyl groups is 2. The minimum absolute atomic E-state index is 0.00374. The standard InChI is InChI=1S/C20H28O4/c1-13-4-7-16-19(2,10-8-17(22)20(16,3)12-21)15(13)6-5-14-9-11-24-18(14)23/h5,9,11,15-17,21-22H,1,4,6-8,10,12H2,2-3H3/t15-,16-,17+,19-,20-/m0/s1. The summed E-state index contributed by atoms with van der Waals surface area (Å²) in [5.74, 6) is 0.208. The van der Waals surface area contributed by atoms with Crippen molar-refractivity contribution < 1.29 is 19.7 Å². The van der Waals surface area contributed by atoms with Gasteiger partial charge in [0.05, 0.1) is 24.5 Å². The number of carbonyl (C=O) groups excluding carboxylic acids is 1. The predicted octanol–water partition coefficient (Wildman–Crippen LogP) is 3.12. The Morgan fingerprint density at radius 3 is 2.79 bits per heavy atom. The number of cyclic esters (lactones) is 1. The second-order valence-electron chi connectivity index (χ2n) is 8.13. The minimum atomic E-state index is -0.467. The van der Waals surface area contributed by atoms with Gasteiger partial charge in [0.2, 0.25) is 0 Å². The molecule has 0 spiro atoms. The molecule has 3 rings (SSSR count). The zero-order valence-corrected chi connectivity index (χ0v) is 14.6. The van der Waals surface area contributed by atoms with Crippen molar-refractivity contribution >= 4 is 5.97 Å². The first-order valence-corrected chi connectivity index (χ1v) is 8.87. The maximum absolute atomic E-state index is 11.6. The van der Waals surface area contributed by atoms with Crippen LogP contribution in [0.1, 0.15) is 46.0 Å². The number of aliphatic hydroxyl groups excluding tert-OH is 2. The Balaban J connectivity index is 1.89. The molecule has 132 valence electrons. The van der Waals surface area contributed by atoms with Gasteiger partial charge in [0.25, 0.3) is 0 Å². The molecule has 0 amide bonds. The fourth-order valence-electron chi connectivity index (χ4n) is 5.34. The van der Waals surface area contributed by atoms with Crippen LogP contribution in [0.5, 0.6) is 0 Å². The van der Waals surface area contributed by atoms with Crippen LogP contribution in [-0.2, 0) is 9.53 Å². The number of hydrogen-bond donors (Lipinski definition) is 2. The van der Waals surface area contributed by atoms with Crippen LogP contribution >= 0.6 is 0 Å². The van der Waals surface area contributed by atoms with Crippen molar-refractivity contribution in [2.24, 2.45) is 22.7 Å². The van der Waals surface area contributed by atoms with E-state index in [2.05, 4.69) is 13.5 Å². The van der Waals surface area contributed by atoms with E-state index in [4.69, 9.17) is 4.74 Å². The summed E-state index contributed by atoms with van der Waals surface area (Å²) in [4.78, 5) is 11.6. The van der Waals surface area contributed by atoms with E-state index >= 15 is 0 Å². The van der Waals surface area contributed by atoms with Gasteiger partial charge >= 0.3 is 5.97 Å². The molecular formula is C20H28O4. The number of carbonyl (C=O) groups is 1. The van der Waals surface area contributed by atoms with Gasteiger partial charge in [0.1, 0.15) is 0 Å². The van der Waals surface area contributed by atoms with Crippen molar-refractivity contribution in [2.75, 3.05) is 6.61 Å². The van der Waals surface area contributed by atoms with Gasteiger partial charge in [-0.3, -0.25) is 0 Å². The minimum Gasteiger partial charge on any atom is -0.431 e. The Morgan fingerprint density at radius 2 is 2.17 bits per heavy atom. The fraction of sp³-hybridized carbons (Fsp3) is 0.650. The highest BCUT2D eigenvalue weighted by Crippen LogP contribution is 2.61. The zero-order chi connectivity index (χ0) is 17.5. The maximum atomic E-state index is 11.6. The van der Waals surface area contributed by atoms with E-state index in [1.54, 1.807) is 6.08 Å². The molecule has 0 radical (unpaired) electrons. The lowest BCUT2D eigenvalue weighted by Crippen LogP contribution is -2.57. The van der Waals surface area contributed by atoms with E-state index in [9.17, 15) is 15.0 Å². The van der Waals surface area contributed by atoms with E-state index in [0.717, 1.165) is 25.7 Å². The summed E-state index contributed by atoms with van der Waals surface area (Å²) in [7, 11) is 0. The summed E-state index contributed by atoms with van der Waals surface area (Å²) in [6, 6.07) is 0. The van der Waals surface area contributed by atoms with E-state index in [1.807, 2.05) is 13.0 Å². The number of hydrogen-bond acceptors (Lipinski definition) is 4. The van der Waals surface area contributed by atoms with Crippen LogP contribution < -0.4 is 0 Å². The van der Waals surface area contributed by atoms with Gasteiger partial charge in [0.15, 0.2) is 0 Å². The molecule has 1 heterocycles. The fourth-order valence-corrected chi connectivity index (χ4v) is 5.34. The molecule has 0 aromatic heterocycles. The van der Waals surface area contributed by atoms with Gasteiger partial charge < -0.3 is 14.9 Å². The Labute approximate surface area is 143 Å². The first-order valence-electron chi connectivity index (χ1n) is 8.87. The van der Waals surface area contributed by atoms with Crippen molar-refractivity contribution in [3.63, 3.8) is 0 Å². The third-order valence-corrected chi connectivity index (χ3v) is 6.93. The number of rotatable bonds is 3. The lowest BCUT2D eigenvalue weighted by Gasteiger charge is -2.59. The number of esters is 1. The van der Waals surface area contributed by atoms with Gasteiger partial charge in [-0.1, -0.05) is 32.1 Å². The van der Waals surface area contributed by atoms with Crippen LogP contribution in [0.25, 0.3) is 0 Å². The highest BCUT2D eigenvalue weighted by Gasteiger charge is 2.57. The molecule has 1 aliphatic heterocycles. The molecule has 5 atom stereocenters. The van der Waals surface area contributed by atoms with Gasteiger partial charge in [0, 0.05) is 5.41 Å². The first kappa shape index (κ1) is 17.4. The van der Waals surface area contributed by atoms with Crippen LogP contribution in [-0.4, -0.2) is 28.9 Å². The molecule has 0 aromatic carbocycles. The molecular weight excluding hydrogens is 304 g/mol. The van der Waals surface area contributed by atoms with Gasteiger partial charge in [-0.05, 0) is 55.4 Å². The third-order valence-electron chi connectivity index (χ3n) is 6.93. The van der Waals surface area contributed by atoms with E-state index in [-0.39, 0.29) is 29.8 Å². The first-order chi connectivity index (χ1) is 11.3. The van der Waals surface area contributed by atoms with Crippen LogP contribution in [0.4, 0.5) is 0 Å². The maximum Gasteiger partial charge on any atom is 0.342 e. The zero-order valence-electron chi connectivity index (χ0n) is 14.6. The SMILES string of the molecule is C=C1CC[C@@H]2[C@](C)(CO)[C@H](O)CC[C@@]2(C)[C@H]1CC=C1C=COC1=O. The normalized spacial score (nSPS) is 43.8. The largest absolute Gasteiger partial charge is 0.431 e. The van der Waals surface area contributed by atoms with E-state index < -0.39 is 11.5 Å². The molecule has 4 nitrogen and oxygen atoms in total. The summed E-state index contributed by atoms with van der Waals surface area (Å²) < 4.78 is 4.85. The lowest BCUT2D eigenvalue weighted by atomic mass is 9.46. The molecule has 0 bridgehead atoms. The molecule has 0 saturated heterocycles. The topological polar surface area (TPSA) is 66.8 Å². The van der Waals surface area contributed by atoms with Crippen LogP contribution in [0, 0.1) is 22.7 Å². The number of allylic oxidation sites excluding steroid dienone is 2. The Hall–Kier alpha value is -1.39. The van der Waals surface area contributed by atoms with Crippen molar-refractivity contribution in [1.29, 1.82) is 0 Å². The molecule has 0 aromatic rings. The molecule has 0 unspecified atom stereocenters. The highest BCUT2D eigenvalue weighted by molar-refractivity contribution is 5.94. The van der Waals surface area contributed by atoms with Gasteiger partial charge in [-0.2, -0.15) is 0 Å². The van der Waals surface area contributed by atoms with Crippen molar-refractivity contribution in [3.05, 3.63) is 36.1 Å². The molecule has 24 heavy (non-hydrogen) atoms. The van der Waals surface area contributed by atoms with E-state index in [0.29, 0.717) is 12.0 Å². The quantitative estimate of drug-likeness (QED) is 0.473. The smallest absolute Gasteiger partial charge is 0.342 e. The third kappa shape index (κ3) is 2.56. The van der Waals surface area contributed by atoms with Crippen LogP contribution in [0.15, 0.2) is 36.1 Å². The Kier molecular flexibility index (Phi) is 4.47. The molecule has 2 aliphatic carbocycles. The average molecular weight is 332 g/mol. The van der Waals surface area contributed by atoms with Gasteiger partial charge in [-0.25, -0.2) is 4.79 Å². The second kappa shape index (κ2) is 6.16. The monoisotopic (exact) mass is 332 g/mol. The van der Waals surface area contributed by atoms with Gasteiger partial charge in [-0.15, -0.1) is 0 Å². The second-order valence-corrected chi connectivity index (χ2v) is 8.13. The average Bonchev–Trinajstić information content (AvgIpc) is 2.96. The Bertz CT molecular complexity index is 605. The number of ether oxygens (including phenoxy) is 1. The highest BCUT2D eigenvalue weighted by atomic mass is 16.5. The van der Waals surface area contributed by atoms with Crippen LogP contribution in [0.3, 0.4) is 0 Å². The molecule has 2 saturated carbocycles. The lowest BCUT2D eigenvalue weighted by molar-refractivity contribution is -0.151. The summed E-state index contributed by atoms with van der Waals surface area (Å²) in [5.41, 5.74) is 1.34. The number of fused-ring (bicyclic) bond motifs is 1. The van der Waals surface area contributed by atoms with Crippen molar-refractivity contribution in [1.82, 2.24) is 0 Å². The predicted molar refractivity (Wildman–Crippen MR) is 91.8 cm³/mol.